The molecule has 0 aromatic rings. The molecule has 92 valence electrons. The lowest BCUT2D eigenvalue weighted by atomic mass is 9.87. The molecule has 0 radical (unpaired) electrons. The Kier molecular flexibility index (Phi) is 6.07. The Labute approximate surface area is 102 Å². The van der Waals surface area contributed by atoms with Crippen LogP contribution in [0.3, 0.4) is 0 Å². The Hall–Kier alpha value is -0.523. The Morgan fingerprint density at radius 2 is 2.00 bits per heavy atom. The van der Waals surface area contributed by atoms with E-state index in [0.717, 1.165) is 19.3 Å². The highest BCUT2D eigenvalue weighted by molar-refractivity contribution is 6.69. The Morgan fingerprint density at radius 1 is 1.44 bits per heavy atom. The van der Waals surface area contributed by atoms with E-state index in [2.05, 4.69) is 46.0 Å². The number of hydrogen-bond acceptors (Lipinski definition) is 1. The van der Waals surface area contributed by atoms with Crippen molar-refractivity contribution in [3.63, 3.8) is 0 Å². The van der Waals surface area contributed by atoms with Crippen LogP contribution in [-0.4, -0.2) is 14.4 Å². The molecule has 0 aliphatic heterocycles. The average molecular weight is 238 g/mol. The number of hydrogen-bond donors (Lipinski definition) is 0. The van der Waals surface area contributed by atoms with Crippen molar-refractivity contribution in [1.82, 2.24) is 0 Å². The maximum atomic E-state index is 6.08. The minimum Gasteiger partial charge on any atom is -0.414 e. The van der Waals surface area contributed by atoms with Crippen molar-refractivity contribution in [2.45, 2.75) is 58.9 Å². The second-order valence-electron chi connectivity index (χ2n) is 5.99. The van der Waals surface area contributed by atoms with Gasteiger partial charge in [-0.2, -0.15) is 0 Å². The fraction of sp³-hybridized carbons (Fsp3) is 0.714. The lowest BCUT2D eigenvalue weighted by Crippen LogP contribution is -2.32. The van der Waals surface area contributed by atoms with E-state index in [1.54, 1.807) is 0 Å². The van der Waals surface area contributed by atoms with E-state index in [4.69, 9.17) is 10.8 Å². The summed E-state index contributed by atoms with van der Waals surface area (Å²) in [5.41, 5.74) is 0.176. The molecule has 0 aromatic carbocycles. The zero-order valence-electron chi connectivity index (χ0n) is 11.5. The van der Waals surface area contributed by atoms with Crippen LogP contribution in [-0.2, 0) is 4.43 Å². The molecule has 0 aliphatic rings. The summed E-state index contributed by atoms with van der Waals surface area (Å²) in [7, 11) is -1.49. The van der Waals surface area contributed by atoms with Crippen LogP contribution in [0.25, 0.3) is 0 Å². The van der Waals surface area contributed by atoms with Gasteiger partial charge in [-0.25, -0.2) is 0 Å². The summed E-state index contributed by atoms with van der Waals surface area (Å²) in [5.74, 6) is 2.72. The molecule has 2 heteroatoms. The molecule has 0 saturated heterocycles. The topological polar surface area (TPSA) is 9.23 Å². The maximum absolute atomic E-state index is 6.08. The van der Waals surface area contributed by atoms with Gasteiger partial charge in [0.15, 0.2) is 8.32 Å². The van der Waals surface area contributed by atoms with Crippen LogP contribution >= 0.6 is 0 Å². The summed E-state index contributed by atoms with van der Waals surface area (Å²) in [6.07, 6.45) is 10.4. The van der Waals surface area contributed by atoms with E-state index >= 15 is 0 Å². The van der Waals surface area contributed by atoms with E-state index in [-0.39, 0.29) is 11.5 Å². The number of rotatable bonds is 7. The summed E-state index contributed by atoms with van der Waals surface area (Å²) >= 11 is 0. The van der Waals surface area contributed by atoms with Crippen LogP contribution in [0.15, 0.2) is 12.7 Å². The minimum atomic E-state index is -1.49. The predicted molar refractivity (Wildman–Crippen MR) is 74.9 cm³/mol. The van der Waals surface area contributed by atoms with Crippen LogP contribution < -0.4 is 0 Å². The molecular weight excluding hydrogens is 212 g/mol. The standard InChI is InChI=1S/C14H26OSi/c1-8-10-13(15-16(5,6)7)11-12-14(3,4)9-2/h1,9,13H,2,10-12H2,3-7H3. The molecular formula is C14H26OSi. The second kappa shape index (κ2) is 6.27. The molecule has 1 atom stereocenters. The third kappa shape index (κ3) is 7.73. The van der Waals surface area contributed by atoms with Gasteiger partial charge in [-0.05, 0) is 37.9 Å². The highest BCUT2D eigenvalue weighted by atomic mass is 28.4. The third-order valence-corrected chi connectivity index (χ3v) is 3.57. The highest BCUT2D eigenvalue weighted by Crippen LogP contribution is 2.26. The second-order valence-corrected chi connectivity index (χ2v) is 10.5. The van der Waals surface area contributed by atoms with E-state index in [0.29, 0.717) is 0 Å². The van der Waals surface area contributed by atoms with Crippen LogP contribution in [0.4, 0.5) is 0 Å². The van der Waals surface area contributed by atoms with Crippen molar-refractivity contribution < 1.29 is 4.43 Å². The van der Waals surface area contributed by atoms with Gasteiger partial charge in [0.1, 0.15) is 0 Å². The average Bonchev–Trinajstić information content (AvgIpc) is 2.13. The van der Waals surface area contributed by atoms with Gasteiger partial charge < -0.3 is 4.43 Å². The van der Waals surface area contributed by atoms with Crippen molar-refractivity contribution in [3.05, 3.63) is 12.7 Å². The molecule has 0 bridgehead atoms. The first-order chi connectivity index (χ1) is 7.20. The maximum Gasteiger partial charge on any atom is 0.184 e. The van der Waals surface area contributed by atoms with Gasteiger partial charge in [0.2, 0.25) is 0 Å². The van der Waals surface area contributed by atoms with Crippen molar-refractivity contribution >= 4 is 8.32 Å². The first kappa shape index (κ1) is 15.5. The fourth-order valence-corrected chi connectivity index (χ4v) is 2.67. The third-order valence-electron chi connectivity index (χ3n) is 2.53. The van der Waals surface area contributed by atoms with Crippen LogP contribution in [0.5, 0.6) is 0 Å². The summed E-state index contributed by atoms with van der Waals surface area (Å²) in [6.45, 7) is 14.9. The molecule has 0 heterocycles. The molecule has 0 rings (SSSR count). The molecule has 0 spiro atoms. The predicted octanol–water partition coefficient (Wildman–Crippen LogP) is 4.22. The minimum absolute atomic E-state index is 0.176. The van der Waals surface area contributed by atoms with E-state index in [9.17, 15) is 0 Å². The molecule has 0 fully saturated rings. The van der Waals surface area contributed by atoms with Gasteiger partial charge in [-0.15, -0.1) is 18.9 Å². The number of allylic oxidation sites excluding steroid dienone is 1. The molecule has 0 aromatic heterocycles. The van der Waals surface area contributed by atoms with E-state index in [1.807, 2.05) is 6.08 Å². The number of terminal acetylenes is 1. The molecule has 1 unspecified atom stereocenters. The smallest absolute Gasteiger partial charge is 0.184 e. The van der Waals surface area contributed by atoms with Crippen LogP contribution in [0.1, 0.15) is 33.1 Å². The molecule has 0 aliphatic carbocycles. The van der Waals surface area contributed by atoms with Gasteiger partial charge >= 0.3 is 0 Å². The van der Waals surface area contributed by atoms with Gasteiger partial charge in [-0.3, -0.25) is 0 Å². The van der Waals surface area contributed by atoms with Crippen molar-refractivity contribution in [1.29, 1.82) is 0 Å². The Bertz CT molecular complexity index is 255. The highest BCUT2D eigenvalue weighted by Gasteiger charge is 2.22. The van der Waals surface area contributed by atoms with Gasteiger partial charge in [0.25, 0.3) is 0 Å². The quantitative estimate of drug-likeness (QED) is 0.366. The monoisotopic (exact) mass is 238 g/mol. The molecule has 16 heavy (non-hydrogen) atoms. The molecule has 0 amide bonds. The first-order valence-electron chi connectivity index (χ1n) is 5.95. The van der Waals surface area contributed by atoms with Crippen LogP contribution in [0.2, 0.25) is 19.6 Å². The summed E-state index contributed by atoms with van der Waals surface area (Å²) in [5, 5.41) is 0. The van der Waals surface area contributed by atoms with E-state index in [1.165, 1.54) is 0 Å². The fourth-order valence-electron chi connectivity index (χ4n) is 1.47. The van der Waals surface area contributed by atoms with Gasteiger partial charge in [0, 0.05) is 6.42 Å². The Morgan fingerprint density at radius 3 is 2.38 bits per heavy atom. The van der Waals surface area contributed by atoms with Gasteiger partial charge in [-0.1, -0.05) is 19.9 Å². The van der Waals surface area contributed by atoms with Gasteiger partial charge in [0.05, 0.1) is 6.10 Å². The van der Waals surface area contributed by atoms with Crippen molar-refractivity contribution in [2.75, 3.05) is 0 Å². The lowest BCUT2D eigenvalue weighted by molar-refractivity contribution is 0.172. The first-order valence-corrected chi connectivity index (χ1v) is 9.36. The normalized spacial score (nSPS) is 14.2. The Balaban J connectivity index is 4.25. The van der Waals surface area contributed by atoms with Crippen LogP contribution in [0, 0.1) is 17.8 Å². The van der Waals surface area contributed by atoms with E-state index < -0.39 is 8.32 Å². The summed E-state index contributed by atoms with van der Waals surface area (Å²) in [6, 6.07) is 0. The molecule has 0 N–H and O–H groups in total. The largest absolute Gasteiger partial charge is 0.414 e. The zero-order chi connectivity index (χ0) is 12.8. The SMILES string of the molecule is C#CCC(CCC(C)(C)C=C)O[Si](C)(C)C. The van der Waals surface area contributed by atoms with Crippen molar-refractivity contribution in [3.8, 4) is 12.3 Å². The summed E-state index contributed by atoms with van der Waals surface area (Å²) < 4.78 is 6.08. The molecule has 1 nitrogen and oxygen atoms in total. The zero-order valence-corrected chi connectivity index (χ0v) is 12.5. The molecule has 0 saturated carbocycles. The lowest BCUT2D eigenvalue weighted by Gasteiger charge is -2.28. The summed E-state index contributed by atoms with van der Waals surface area (Å²) in [4.78, 5) is 0. The van der Waals surface area contributed by atoms with Crippen molar-refractivity contribution in [2.24, 2.45) is 5.41 Å².